The van der Waals surface area contributed by atoms with Crippen LogP contribution < -0.4 is 5.32 Å². The van der Waals surface area contributed by atoms with Gasteiger partial charge in [-0.05, 0) is 29.8 Å². The Bertz CT molecular complexity index is 485. The maximum Gasteiger partial charge on any atom is 0.224 e. The first-order chi connectivity index (χ1) is 6.70. The normalized spacial score (nSPS) is 10.5. The Morgan fingerprint density at radius 1 is 1.21 bits per heavy atom. The molecule has 0 saturated heterocycles. The molecule has 2 aromatic rings. The SMILES string of the molecule is CNc1nc(Cl)nc2ccc(Cl)cc12. The number of halogens is 2. The van der Waals surface area contributed by atoms with E-state index in [-0.39, 0.29) is 5.28 Å². The molecule has 1 N–H and O–H groups in total. The third-order valence-electron chi connectivity index (χ3n) is 1.87. The van der Waals surface area contributed by atoms with Gasteiger partial charge in [0.25, 0.3) is 0 Å². The van der Waals surface area contributed by atoms with E-state index in [1.165, 1.54) is 0 Å². The summed E-state index contributed by atoms with van der Waals surface area (Å²) in [6, 6.07) is 5.39. The number of nitrogens with one attached hydrogen (secondary N) is 1. The summed E-state index contributed by atoms with van der Waals surface area (Å²) in [5, 5.41) is 4.69. The van der Waals surface area contributed by atoms with Crippen LogP contribution in [0, 0.1) is 0 Å². The summed E-state index contributed by atoms with van der Waals surface area (Å²) in [7, 11) is 1.78. The molecule has 0 aliphatic carbocycles. The number of hydrogen-bond acceptors (Lipinski definition) is 3. The largest absolute Gasteiger partial charge is 0.372 e. The highest BCUT2D eigenvalue weighted by molar-refractivity contribution is 6.31. The predicted molar refractivity (Wildman–Crippen MR) is 59.1 cm³/mol. The van der Waals surface area contributed by atoms with Crippen molar-refractivity contribution in [3.05, 3.63) is 28.5 Å². The van der Waals surface area contributed by atoms with E-state index in [1.54, 1.807) is 19.2 Å². The average molecular weight is 228 g/mol. The van der Waals surface area contributed by atoms with Gasteiger partial charge in [-0.3, -0.25) is 0 Å². The third kappa shape index (κ3) is 1.61. The molecule has 5 heteroatoms. The monoisotopic (exact) mass is 227 g/mol. The minimum Gasteiger partial charge on any atom is -0.372 e. The molecule has 0 amide bonds. The van der Waals surface area contributed by atoms with Gasteiger partial charge in [0.2, 0.25) is 5.28 Å². The van der Waals surface area contributed by atoms with Crippen LogP contribution in [0.15, 0.2) is 18.2 Å². The summed E-state index contributed by atoms with van der Waals surface area (Å²) < 4.78 is 0. The van der Waals surface area contributed by atoms with E-state index in [0.29, 0.717) is 10.8 Å². The molecule has 0 atom stereocenters. The minimum absolute atomic E-state index is 0.226. The van der Waals surface area contributed by atoms with Crippen LogP contribution in [0.2, 0.25) is 10.3 Å². The molecule has 1 heterocycles. The standard InChI is InChI=1S/C9H7Cl2N3/c1-12-8-6-4-5(10)2-3-7(6)13-9(11)14-8/h2-4H,1H3,(H,12,13,14). The number of anilines is 1. The number of hydrogen-bond donors (Lipinski definition) is 1. The van der Waals surface area contributed by atoms with Gasteiger partial charge < -0.3 is 5.32 Å². The molecule has 0 aliphatic heterocycles. The van der Waals surface area contributed by atoms with E-state index in [1.807, 2.05) is 6.07 Å². The lowest BCUT2D eigenvalue weighted by Gasteiger charge is -2.04. The fourth-order valence-corrected chi connectivity index (χ4v) is 1.61. The third-order valence-corrected chi connectivity index (χ3v) is 2.27. The van der Waals surface area contributed by atoms with Crippen LogP contribution in [0.4, 0.5) is 5.82 Å². The Kier molecular flexibility index (Phi) is 2.44. The Hall–Kier alpha value is -1.06. The van der Waals surface area contributed by atoms with Crippen LogP contribution in [-0.4, -0.2) is 17.0 Å². The quantitative estimate of drug-likeness (QED) is 0.762. The van der Waals surface area contributed by atoms with Crippen molar-refractivity contribution in [3.8, 4) is 0 Å². The van der Waals surface area contributed by atoms with Gasteiger partial charge in [-0.1, -0.05) is 11.6 Å². The van der Waals surface area contributed by atoms with Crippen molar-refractivity contribution in [2.45, 2.75) is 0 Å². The molecule has 3 nitrogen and oxygen atoms in total. The highest BCUT2D eigenvalue weighted by Crippen LogP contribution is 2.24. The Morgan fingerprint density at radius 3 is 2.71 bits per heavy atom. The van der Waals surface area contributed by atoms with Crippen molar-refractivity contribution < 1.29 is 0 Å². The second kappa shape index (κ2) is 3.59. The maximum absolute atomic E-state index is 5.87. The first-order valence-corrected chi connectivity index (χ1v) is 4.77. The second-order valence-corrected chi connectivity index (χ2v) is 3.53. The van der Waals surface area contributed by atoms with Gasteiger partial charge in [-0.2, -0.15) is 0 Å². The molecule has 0 fully saturated rings. The van der Waals surface area contributed by atoms with Crippen LogP contribution in [0.3, 0.4) is 0 Å². The molecule has 0 spiro atoms. The van der Waals surface area contributed by atoms with Gasteiger partial charge in [-0.15, -0.1) is 0 Å². The van der Waals surface area contributed by atoms with E-state index in [4.69, 9.17) is 23.2 Å². The molecular weight excluding hydrogens is 221 g/mol. The maximum atomic E-state index is 5.87. The minimum atomic E-state index is 0.226. The molecule has 1 aromatic heterocycles. The van der Waals surface area contributed by atoms with Crippen molar-refractivity contribution in [2.24, 2.45) is 0 Å². The number of fused-ring (bicyclic) bond motifs is 1. The average Bonchev–Trinajstić information content (AvgIpc) is 2.17. The smallest absolute Gasteiger partial charge is 0.224 e. The molecular formula is C9H7Cl2N3. The first-order valence-electron chi connectivity index (χ1n) is 4.01. The fourth-order valence-electron chi connectivity index (χ4n) is 1.26. The Labute approximate surface area is 91.1 Å². The Morgan fingerprint density at radius 2 is 2.00 bits per heavy atom. The molecule has 72 valence electrons. The number of rotatable bonds is 1. The van der Waals surface area contributed by atoms with Crippen LogP contribution in [0.25, 0.3) is 10.9 Å². The van der Waals surface area contributed by atoms with Gasteiger partial charge in [0.15, 0.2) is 0 Å². The Balaban J connectivity index is 2.81. The van der Waals surface area contributed by atoms with Gasteiger partial charge in [0.1, 0.15) is 5.82 Å². The van der Waals surface area contributed by atoms with Crippen LogP contribution in [0.1, 0.15) is 0 Å². The predicted octanol–water partition coefficient (Wildman–Crippen LogP) is 2.98. The molecule has 0 unspecified atom stereocenters. The van der Waals surface area contributed by atoms with Gasteiger partial charge in [-0.25, -0.2) is 9.97 Å². The lowest BCUT2D eigenvalue weighted by Crippen LogP contribution is -1.96. The molecule has 0 radical (unpaired) electrons. The zero-order valence-electron chi connectivity index (χ0n) is 7.38. The van der Waals surface area contributed by atoms with Crippen molar-refractivity contribution in [1.29, 1.82) is 0 Å². The summed E-state index contributed by atoms with van der Waals surface area (Å²) >= 11 is 11.6. The molecule has 1 aromatic carbocycles. The molecule has 0 saturated carbocycles. The number of nitrogens with zero attached hydrogens (tertiary/aromatic N) is 2. The van der Waals surface area contributed by atoms with E-state index in [0.717, 1.165) is 10.9 Å². The van der Waals surface area contributed by atoms with Gasteiger partial charge in [0, 0.05) is 17.5 Å². The van der Waals surface area contributed by atoms with E-state index in [9.17, 15) is 0 Å². The summed E-state index contributed by atoms with van der Waals surface area (Å²) in [6.07, 6.45) is 0. The van der Waals surface area contributed by atoms with E-state index in [2.05, 4.69) is 15.3 Å². The molecule has 14 heavy (non-hydrogen) atoms. The van der Waals surface area contributed by atoms with Crippen LogP contribution in [0.5, 0.6) is 0 Å². The van der Waals surface area contributed by atoms with Crippen molar-refractivity contribution in [1.82, 2.24) is 9.97 Å². The van der Waals surface area contributed by atoms with E-state index < -0.39 is 0 Å². The van der Waals surface area contributed by atoms with Crippen LogP contribution in [-0.2, 0) is 0 Å². The highest BCUT2D eigenvalue weighted by Gasteiger charge is 2.05. The van der Waals surface area contributed by atoms with Crippen LogP contribution >= 0.6 is 23.2 Å². The number of aromatic nitrogens is 2. The van der Waals surface area contributed by atoms with E-state index >= 15 is 0 Å². The molecule has 2 rings (SSSR count). The van der Waals surface area contributed by atoms with Crippen molar-refractivity contribution in [2.75, 3.05) is 12.4 Å². The zero-order chi connectivity index (χ0) is 10.1. The van der Waals surface area contributed by atoms with Gasteiger partial charge in [0.05, 0.1) is 5.52 Å². The molecule has 0 aliphatic rings. The fraction of sp³-hybridized carbons (Fsp3) is 0.111. The lowest BCUT2D eigenvalue weighted by atomic mass is 10.2. The summed E-state index contributed by atoms with van der Waals surface area (Å²) in [5.74, 6) is 0.683. The highest BCUT2D eigenvalue weighted by atomic mass is 35.5. The lowest BCUT2D eigenvalue weighted by molar-refractivity contribution is 1.21. The molecule has 0 bridgehead atoms. The van der Waals surface area contributed by atoms with Crippen molar-refractivity contribution in [3.63, 3.8) is 0 Å². The summed E-state index contributed by atoms with van der Waals surface area (Å²) in [5.41, 5.74) is 0.777. The van der Waals surface area contributed by atoms with Gasteiger partial charge >= 0.3 is 0 Å². The zero-order valence-corrected chi connectivity index (χ0v) is 8.89. The second-order valence-electron chi connectivity index (χ2n) is 2.75. The number of benzene rings is 1. The summed E-state index contributed by atoms with van der Waals surface area (Å²) in [4.78, 5) is 8.13. The topological polar surface area (TPSA) is 37.8 Å². The van der Waals surface area contributed by atoms with Crippen molar-refractivity contribution >= 4 is 39.9 Å². The summed E-state index contributed by atoms with van der Waals surface area (Å²) in [6.45, 7) is 0. The first kappa shape index (κ1) is 9.49.